The maximum Gasteiger partial charge on any atom is 0.271 e. The fourth-order valence-corrected chi connectivity index (χ4v) is 2.94. The molecule has 138 valence electrons. The molecule has 2 aromatic heterocycles. The third-order valence-electron chi connectivity index (χ3n) is 4.30. The van der Waals surface area contributed by atoms with Gasteiger partial charge in [0.2, 0.25) is 5.95 Å². The van der Waals surface area contributed by atoms with E-state index < -0.39 is 0 Å². The summed E-state index contributed by atoms with van der Waals surface area (Å²) in [6.07, 6.45) is 1.49. The van der Waals surface area contributed by atoms with Crippen molar-refractivity contribution >= 4 is 22.9 Å². The number of hydrogen-bond acceptors (Lipinski definition) is 7. The van der Waals surface area contributed by atoms with Crippen molar-refractivity contribution in [2.45, 2.75) is 13.5 Å². The number of aromatic nitrogens is 4. The number of carbonyl (C=O) groups is 1. The van der Waals surface area contributed by atoms with Crippen LogP contribution in [0.15, 0.2) is 36.5 Å². The zero-order valence-electron chi connectivity index (χ0n) is 15.1. The van der Waals surface area contributed by atoms with Gasteiger partial charge in [-0.15, -0.1) is 0 Å². The summed E-state index contributed by atoms with van der Waals surface area (Å²) < 4.78 is 5.37. The van der Waals surface area contributed by atoms with Crippen LogP contribution in [0.2, 0.25) is 0 Å². The van der Waals surface area contributed by atoms with Crippen molar-refractivity contribution in [2.75, 3.05) is 31.2 Å². The van der Waals surface area contributed by atoms with Crippen LogP contribution >= 0.6 is 0 Å². The number of nitrogens with one attached hydrogen (secondary N) is 1. The second-order valence-electron chi connectivity index (χ2n) is 6.33. The second kappa shape index (κ2) is 7.63. The van der Waals surface area contributed by atoms with Crippen LogP contribution in [0.5, 0.6) is 0 Å². The molecule has 8 heteroatoms. The fraction of sp³-hybridized carbons (Fsp3) is 0.316. The van der Waals surface area contributed by atoms with Gasteiger partial charge < -0.3 is 15.0 Å². The van der Waals surface area contributed by atoms with Gasteiger partial charge >= 0.3 is 0 Å². The van der Waals surface area contributed by atoms with Crippen molar-refractivity contribution in [1.82, 2.24) is 25.3 Å². The molecular formula is C19H20N6O2. The van der Waals surface area contributed by atoms with Crippen LogP contribution in [0.3, 0.4) is 0 Å². The third-order valence-corrected chi connectivity index (χ3v) is 4.30. The van der Waals surface area contributed by atoms with Gasteiger partial charge in [-0.2, -0.15) is 0 Å². The van der Waals surface area contributed by atoms with Gasteiger partial charge in [-0.05, 0) is 25.1 Å². The molecule has 1 saturated heterocycles. The first-order valence-electron chi connectivity index (χ1n) is 8.86. The van der Waals surface area contributed by atoms with Crippen LogP contribution in [0.25, 0.3) is 11.0 Å². The zero-order valence-corrected chi connectivity index (χ0v) is 15.1. The number of anilines is 1. The Morgan fingerprint density at radius 1 is 1.15 bits per heavy atom. The van der Waals surface area contributed by atoms with Crippen LogP contribution < -0.4 is 10.2 Å². The van der Waals surface area contributed by atoms with E-state index in [4.69, 9.17) is 4.74 Å². The average molecular weight is 364 g/mol. The highest BCUT2D eigenvalue weighted by Gasteiger charge is 2.15. The summed E-state index contributed by atoms with van der Waals surface area (Å²) in [6, 6.07) is 9.33. The summed E-state index contributed by atoms with van der Waals surface area (Å²) >= 11 is 0. The first kappa shape index (κ1) is 17.3. The smallest absolute Gasteiger partial charge is 0.271 e. The lowest BCUT2D eigenvalue weighted by molar-refractivity contribution is 0.0945. The van der Waals surface area contributed by atoms with Gasteiger partial charge in [0.15, 0.2) is 0 Å². The first-order valence-corrected chi connectivity index (χ1v) is 8.86. The minimum atomic E-state index is -0.280. The van der Waals surface area contributed by atoms with Crippen molar-refractivity contribution < 1.29 is 9.53 Å². The summed E-state index contributed by atoms with van der Waals surface area (Å²) in [5, 5.41) is 2.86. The number of amides is 1. The van der Waals surface area contributed by atoms with E-state index in [0.717, 1.165) is 30.0 Å². The summed E-state index contributed by atoms with van der Waals surface area (Å²) in [7, 11) is 0. The highest BCUT2D eigenvalue weighted by atomic mass is 16.5. The molecule has 1 aliphatic rings. The van der Waals surface area contributed by atoms with Gasteiger partial charge in [-0.25, -0.2) is 15.0 Å². The first-order chi connectivity index (χ1) is 13.2. The predicted molar refractivity (Wildman–Crippen MR) is 101 cm³/mol. The lowest BCUT2D eigenvalue weighted by Gasteiger charge is -2.27. The Balaban J connectivity index is 1.47. The third kappa shape index (κ3) is 4.01. The molecule has 1 N–H and O–H groups in total. The van der Waals surface area contributed by atoms with Gasteiger partial charge in [0.1, 0.15) is 5.69 Å². The van der Waals surface area contributed by atoms with Gasteiger partial charge in [0, 0.05) is 18.8 Å². The van der Waals surface area contributed by atoms with E-state index in [9.17, 15) is 4.79 Å². The molecule has 8 nitrogen and oxygen atoms in total. The van der Waals surface area contributed by atoms with E-state index in [0.29, 0.717) is 31.2 Å². The summed E-state index contributed by atoms with van der Waals surface area (Å²) in [4.78, 5) is 32.3. The van der Waals surface area contributed by atoms with E-state index in [1.54, 1.807) is 0 Å². The highest BCUT2D eigenvalue weighted by Crippen LogP contribution is 2.13. The molecule has 0 bridgehead atoms. The Morgan fingerprint density at radius 2 is 1.93 bits per heavy atom. The van der Waals surface area contributed by atoms with Crippen LogP contribution in [0.4, 0.5) is 5.95 Å². The molecule has 0 spiro atoms. The second-order valence-corrected chi connectivity index (χ2v) is 6.33. The van der Waals surface area contributed by atoms with Gasteiger partial charge in [-0.1, -0.05) is 12.1 Å². The molecule has 1 aromatic carbocycles. The molecule has 1 fully saturated rings. The van der Waals surface area contributed by atoms with Gasteiger partial charge in [-0.3, -0.25) is 9.78 Å². The molecule has 0 radical (unpaired) electrons. The fourth-order valence-electron chi connectivity index (χ4n) is 2.94. The predicted octanol–water partition coefficient (Wildman–Crippen LogP) is 1.49. The molecule has 1 aliphatic heterocycles. The van der Waals surface area contributed by atoms with Gasteiger partial charge in [0.05, 0.1) is 42.7 Å². The normalized spacial score (nSPS) is 14.3. The maximum absolute atomic E-state index is 12.4. The summed E-state index contributed by atoms with van der Waals surface area (Å²) in [6.45, 7) is 5.09. The van der Waals surface area contributed by atoms with Crippen molar-refractivity contribution in [3.63, 3.8) is 0 Å². The van der Waals surface area contributed by atoms with E-state index in [-0.39, 0.29) is 11.6 Å². The number of aryl methyl sites for hydroxylation is 1. The Morgan fingerprint density at radius 3 is 2.74 bits per heavy atom. The van der Waals surface area contributed by atoms with E-state index >= 15 is 0 Å². The topological polar surface area (TPSA) is 93.1 Å². The number of carbonyl (C=O) groups excluding carboxylic acids is 1. The lowest BCUT2D eigenvalue weighted by Crippen LogP contribution is -2.37. The van der Waals surface area contributed by atoms with E-state index in [2.05, 4.69) is 30.2 Å². The Kier molecular flexibility index (Phi) is 4.88. The minimum Gasteiger partial charge on any atom is -0.378 e. The van der Waals surface area contributed by atoms with Crippen molar-refractivity contribution in [2.24, 2.45) is 0 Å². The number of para-hydroxylation sites is 2. The molecule has 3 aromatic rings. The largest absolute Gasteiger partial charge is 0.378 e. The van der Waals surface area contributed by atoms with Crippen LogP contribution in [0.1, 0.15) is 21.9 Å². The summed E-state index contributed by atoms with van der Waals surface area (Å²) in [5.74, 6) is 0.394. The van der Waals surface area contributed by atoms with Crippen molar-refractivity contribution in [3.8, 4) is 0 Å². The molecule has 3 heterocycles. The van der Waals surface area contributed by atoms with Crippen LogP contribution in [-0.2, 0) is 11.3 Å². The van der Waals surface area contributed by atoms with E-state index in [1.807, 2.05) is 37.3 Å². The molecular weight excluding hydrogens is 344 g/mol. The highest BCUT2D eigenvalue weighted by molar-refractivity contribution is 5.93. The number of ether oxygens (including phenoxy) is 1. The molecule has 0 saturated carbocycles. The van der Waals surface area contributed by atoms with Crippen molar-refractivity contribution in [3.05, 3.63) is 53.6 Å². The molecule has 0 atom stereocenters. The SMILES string of the molecule is Cc1cc(CNC(=O)c2cnc3ccccc3n2)nc(N2CCOCC2)n1. The summed E-state index contributed by atoms with van der Waals surface area (Å²) in [5.41, 5.74) is 3.36. The number of hydrogen-bond donors (Lipinski definition) is 1. The van der Waals surface area contributed by atoms with Gasteiger partial charge in [0.25, 0.3) is 5.91 Å². The van der Waals surface area contributed by atoms with Crippen molar-refractivity contribution in [1.29, 1.82) is 0 Å². The Hall–Kier alpha value is -3.13. The monoisotopic (exact) mass is 364 g/mol. The standard InChI is InChI=1S/C19H20N6O2/c1-13-10-14(23-19(22-13)25-6-8-27-9-7-25)11-21-18(26)17-12-20-15-4-2-3-5-16(15)24-17/h2-5,10,12H,6-9,11H2,1H3,(H,21,26). The number of nitrogens with zero attached hydrogens (tertiary/aromatic N) is 5. The van der Waals surface area contributed by atoms with Crippen LogP contribution in [-0.4, -0.2) is 52.1 Å². The van der Waals surface area contributed by atoms with E-state index in [1.165, 1.54) is 6.20 Å². The molecule has 1 amide bonds. The molecule has 27 heavy (non-hydrogen) atoms. The molecule has 0 aliphatic carbocycles. The quantitative estimate of drug-likeness (QED) is 0.750. The number of fused-ring (bicyclic) bond motifs is 1. The number of benzene rings is 1. The average Bonchev–Trinajstić information content (AvgIpc) is 2.72. The minimum absolute atomic E-state index is 0.280. The Bertz CT molecular complexity index is 971. The Labute approximate surface area is 156 Å². The molecule has 0 unspecified atom stereocenters. The van der Waals surface area contributed by atoms with Crippen LogP contribution in [0, 0.1) is 6.92 Å². The molecule has 4 rings (SSSR count). The lowest BCUT2D eigenvalue weighted by atomic mass is 10.3. The maximum atomic E-state index is 12.4. The number of rotatable bonds is 4. The zero-order chi connectivity index (χ0) is 18.6. The number of morpholine rings is 1.